The van der Waals surface area contributed by atoms with Crippen molar-refractivity contribution in [2.75, 3.05) is 12.0 Å². The van der Waals surface area contributed by atoms with E-state index in [9.17, 15) is 4.79 Å². The summed E-state index contributed by atoms with van der Waals surface area (Å²) in [5, 5.41) is 0.895. The van der Waals surface area contributed by atoms with Crippen molar-refractivity contribution in [2.45, 2.75) is 38.6 Å². The van der Waals surface area contributed by atoms with Crippen LogP contribution in [-0.2, 0) is 12.8 Å². The summed E-state index contributed by atoms with van der Waals surface area (Å²) in [5.41, 5.74) is 1.38. The molecule has 108 valence electrons. The summed E-state index contributed by atoms with van der Waals surface area (Å²) >= 11 is 8.86. The van der Waals surface area contributed by atoms with Crippen molar-refractivity contribution >= 4 is 45.5 Å². The van der Waals surface area contributed by atoms with Crippen LogP contribution in [0.4, 0.5) is 0 Å². The van der Waals surface area contributed by atoms with Crippen molar-refractivity contribution in [3.63, 3.8) is 0 Å². The molecule has 2 aromatic rings. The van der Waals surface area contributed by atoms with E-state index in [0.29, 0.717) is 4.77 Å². The Kier molecular flexibility index (Phi) is 4.06. The van der Waals surface area contributed by atoms with Crippen LogP contribution >= 0.6 is 35.3 Å². The molecule has 0 amide bonds. The van der Waals surface area contributed by atoms with E-state index < -0.39 is 0 Å². The van der Waals surface area contributed by atoms with Crippen LogP contribution in [0.2, 0.25) is 0 Å². The lowest BCUT2D eigenvalue weighted by Gasteiger charge is -2.15. The Morgan fingerprint density at radius 3 is 2.95 bits per heavy atom. The molecule has 0 fully saturated rings. The van der Waals surface area contributed by atoms with Crippen LogP contribution in [-0.4, -0.2) is 21.6 Å². The first-order valence-electron chi connectivity index (χ1n) is 6.91. The van der Waals surface area contributed by atoms with Crippen LogP contribution in [0.25, 0.3) is 10.2 Å². The van der Waals surface area contributed by atoms with Crippen LogP contribution in [0.1, 0.15) is 36.2 Å². The maximum absolute atomic E-state index is 12.9. The molecule has 2 aromatic heterocycles. The van der Waals surface area contributed by atoms with Gasteiger partial charge in [0.15, 0.2) is 4.77 Å². The molecule has 0 saturated carbocycles. The van der Waals surface area contributed by atoms with E-state index in [1.165, 1.54) is 23.3 Å². The number of nitrogens with one attached hydrogen (secondary N) is 1. The van der Waals surface area contributed by atoms with Crippen LogP contribution in [0.3, 0.4) is 0 Å². The van der Waals surface area contributed by atoms with E-state index in [4.69, 9.17) is 12.2 Å². The van der Waals surface area contributed by atoms with Crippen molar-refractivity contribution < 1.29 is 0 Å². The van der Waals surface area contributed by atoms with E-state index in [0.717, 1.165) is 28.8 Å². The van der Waals surface area contributed by atoms with Gasteiger partial charge in [0, 0.05) is 16.7 Å². The Hall–Kier alpha value is -0.590. The Labute approximate surface area is 131 Å². The zero-order chi connectivity index (χ0) is 14.3. The van der Waals surface area contributed by atoms with E-state index in [2.05, 4.69) is 18.2 Å². The minimum atomic E-state index is 0.102. The molecule has 0 bridgehead atoms. The predicted octanol–water partition coefficient (Wildman–Crippen LogP) is 3.92. The van der Waals surface area contributed by atoms with E-state index in [-0.39, 0.29) is 11.6 Å². The molecule has 1 atom stereocenters. The van der Waals surface area contributed by atoms with Crippen LogP contribution in [0.15, 0.2) is 4.79 Å². The summed E-state index contributed by atoms with van der Waals surface area (Å²) in [6, 6.07) is 0.129. The third-order valence-electron chi connectivity index (χ3n) is 3.89. The van der Waals surface area contributed by atoms with Gasteiger partial charge in [-0.25, -0.2) is 0 Å². The highest BCUT2D eigenvalue weighted by Gasteiger charge is 2.21. The number of aromatic nitrogens is 2. The highest BCUT2D eigenvalue weighted by molar-refractivity contribution is 7.98. The smallest absolute Gasteiger partial charge is 0.263 e. The SMILES string of the molecule is CSCC(C)n1c(=S)[nH]c2sc3c(c2c1=O)CCCC3. The summed E-state index contributed by atoms with van der Waals surface area (Å²) in [6.07, 6.45) is 6.62. The number of rotatable bonds is 3. The van der Waals surface area contributed by atoms with Crippen LogP contribution < -0.4 is 5.56 Å². The topological polar surface area (TPSA) is 37.8 Å². The predicted molar refractivity (Wildman–Crippen MR) is 91.0 cm³/mol. The molecule has 0 spiro atoms. The van der Waals surface area contributed by atoms with Crippen molar-refractivity contribution in [1.82, 2.24) is 9.55 Å². The number of aromatic amines is 1. The largest absolute Gasteiger partial charge is 0.323 e. The van der Waals surface area contributed by atoms with Crippen molar-refractivity contribution in [3.05, 3.63) is 25.6 Å². The summed E-state index contributed by atoms with van der Waals surface area (Å²) in [4.78, 5) is 18.5. The Bertz CT molecular complexity index is 756. The van der Waals surface area contributed by atoms with E-state index >= 15 is 0 Å². The summed E-state index contributed by atoms with van der Waals surface area (Å²) in [6.45, 7) is 2.06. The molecule has 1 unspecified atom stereocenters. The quantitative estimate of drug-likeness (QED) is 0.869. The van der Waals surface area contributed by atoms with Gasteiger partial charge in [-0.3, -0.25) is 9.36 Å². The first-order chi connectivity index (χ1) is 9.63. The Morgan fingerprint density at radius 1 is 1.45 bits per heavy atom. The van der Waals surface area contributed by atoms with E-state index in [1.54, 1.807) is 27.7 Å². The number of fused-ring (bicyclic) bond motifs is 3. The summed E-state index contributed by atoms with van der Waals surface area (Å²) in [7, 11) is 0. The lowest BCUT2D eigenvalue weighted by atomic mass is 9.97. The van der Waals surface area contributed by atoms with Gasteiger partial charge < -0.3 is 4.98 Å². The average molecular weight is 327 g/mol. The van der Waals surface area contributed by atoms with Crippen LogP contribution in [0.5, 0.6) is 0 Å². The van der Waals surface area contributed by atoms with Crippen molar-refractivity contribution in [3.8, 4) is 0 Å². The number of aryl methyl sites for hydroxylation is 2. The van der Waals surface area contributed by atoms with Gasteiger partial charge in [0.1, 0.15) is 4.83 Å². The lowest BCUT2D eigenvalue weighted by Crippen LogP contribution is -2.26. The molecular formula is C14H18N2OS3. The number of hydrogen-bond donors (Lipinski definition) is 1. The number of nitrogens with zero attached hydrogens (tertiary/aromatic N) is 1. The number of thiophene rings is 1. The molecule has 0 aliphatic heterocycles. The van der Waals surface area contributed by atoms with Gasteiger partial charge in [-0.05, 0) is 56.6 Å². The molecule has 2 heterocycles. The van der Waals surface area contributed by atoms with Gasteiger partial charge in [-0.2, -0.15) is 11.8 Å². The number of H-pyrrole nitrogens is 1. The standard InChI is InChI=1S/C14H18N2OS3/c1-8(7-19-2)16-13(17)11-9-5-3-4-6-10(9)20-12(11)15-14(16)18/h8H,3-7H2,1-2H3,(H,15,18). The summed E-state index contributed by atoms with van der Waals surface area (Å²) in [5.74, 6) is 0.898. The first kappa shape index (κ1) is 14.4. The zero-order valence-electron chi connectivity index (χ0n) is 11.7. The highest BCUT2D eigenvalue weighted by atomic mass is 32.2. The van der Waals surface area contributed by atoms with E-state index in [1.807, 2.05) is 0 Å². The molecule has 20 heavy (non-hydrogen) atoms. The maximum atomic E-state index is 12.9. The molecular weight excluding hydrogens is 308 g/mol. The molecule has 3 nitrogen and oxygen atoms in total. The lowest BCUT2D eigenvalue weighted by molar-refractivity contribution is 0.573. The fourth-order valence-electron chi connectivity index (χ4n) is 2.97. The Balaban J connectivity index is 2.28. The molecule has 3 rings (SSSR count). The Morgan fingerprint density at radius 2 is 2.20 bits per heavy atom. The second-order valence-corrected chi connectivity index (χ2v) is 7.73. The molecule has 6 heteroatoms. The molecule has 1 aliphatic rings. The third-order valence-corrected chi connectivity index (χ3v) is 6.21. The second kappa shape index (κ2) is 5.66. The van der Waals surface area contributed by atoms with Crippen molar-refractivity contribution in [2.24, 2.45) is 0 Å². The molecule has 1 N–H and O–H groups in total. The summed E-state index contributed by atoms with van der Waals surface area (Å²) < 4.78 is 2.32. The second-order valence-electron chi connectivity index (χ2n) is 5.32. The molecule has 0 saturated heterocycles. The number of hydrogen-bond acceptors (Lipinski definition) is 4. The minimum absolute atomic E-state index is 0.102. The molecule has 1 aliphatic carbocycles. The first-order valence-corrected chi connectivity index (χ1v) is 9.53. The van der Waals surface area contributed by atoms with Crippen LogP contribution in [0, 0.1) is 4.77 Å². The minimum Gasteiger partial charge on any atom is -0.323 e. The van der Waals surface area contributed by atoms with Gasteiger partial charge >= 0.3 is 0 Å². The zero-order valence-corrected chi connectivity index (χ0v) is 14.1. The monoisotopic (exact) mass is 326 g/mol. The molecule has 0 aromatic carbocycles. The van der Waals surface area contributed by atoms with Gasteiger partial charge in [0.2, 0.25) is 0 Å². The van der Waals surface area contributed by atoms with Gasteiger partial charge in [-0.1, -0.05) is 0 Å². The fourth-order valence-corrected chi connectivity index (χ4v) is 5.31. The maximum Gasteiger partial charge on any atom is 0.263 e. The number of thioether (sulfide) groups is 1. The van der Waals surface area contributed by atoms with Crippen molar-refractivity contribution in [1.29, 1.82) is 0 Å². The molecule has 0 radical (unpaired) electrons. The van der Waals surface area contributed by atoms with Gasteiger partial charge in [0.25, 0.3) is 5.56 Å². The van der Waals surface area contributed by atoms with Gasteiger partial charge in [-0.15, -0.1) is 11.3 Å². The fraction of sp³-hybridized carbons (Fsp3) is 0.571. The normalized spacial score (nSPS) is 16.3. The average Bonchev–Trinajstić information content (AvgIpc) is 2.76. The van der Waals surface area contributed by atoms with Gasteiger partial charge in [0.05, 0.1) is 5.39 Å². The highest BCUT2D eigenvalue weighted by Crippen LogP contribution is 2.33. The third kappa shape index (κ3) is 2.27.